The zero-order valence-electron chi connectivity index (χ0n) is 9.97. The van der Waals surface area contributed by atoms with Gasteiger partial charge in [0.2, 0.25) is 0 Å². The molecule has 0 fully saturated rings. The summed E-state index contributed by atoms with van der Waals surface area (Å²) in [4.78, 5) is 4.13. The van der Waals surface area contributed by atoms with E-state index >= 15 is 0 Å². The van der Waals surface area contributed by atoms with Crippen molar-refractivity contribution in [3.8, 4) is 16.9 Å². The van der Waals surface area contributed by atoms with Crippen LogP contribution in [0, 0.1) is 6.92 Å². The summed E-state index contributed by atoms with van der Waals surface area (Å²) in [6.07, 6.45) is 3.46. The van der Waals surface area contributed by atoms with E-state index in [2.05, 4.69) is 11.1 Å². The molecule has 2 rings (SSSR count). The SMILES string of the molecule is COc1cncc(-c2cc(C)cc(CO)c2)c1. The molecule has 0 atom stereocenters. The Labute approximate surface area is 101 Å². The van der Waals surface area contributed by atoms with Crippen LogP contribution in [-0.2, 0) is 6.61 Å². The van der Waals surface area contributed by atoms with Gasteiger partial charge in [-0.25, -0.2) is 0 Å². The molecule has 0 radical (unpaired) electrons. The van der Waals surface area contributed by atoms with Crippen LogP contribution in [-0.4, -0.2) is 17.2 Å². The Balaban J connectivity index is 2.47. The van der Waals surface area contributed by atoms with E-state index in [1.54, 1.807) is 19.5 Å². The lowest BCUT2D eigenvalue weighted by Gasteiger charge is -2.07. The number of aryl methyl sites for hydroxylation is 1. The highest BCUT2D eigenvalue weighted by Gasteiger charge is 2.03. The number of nitrogens with zero attached hydrogens (tertiary/aromatic N) is 1. The highest BCUT2D eigenvalue weighted by Crippen LogP contribution is 2.24. The molecule has 0 saturated carbocycles. The van der Waals surface area contributed by atoms with Gasteiger partial charge in [-0.05, 0) is 30.2 Å². The van der Waals surface area contributed by atoms with Crippen molar-refractivity contribution in [3.05, 3.63) is 47.8 Å². The summed E-state index contributed by atoms with van der Waals surface area (Å²) in [6, 6.07) is 7.93. The van der Waals surface area contributed by atoms with E-state index in [4.69, 9.17) is 4.74 Å². The number of hydrogen-bond donors (Lipinski definition) is 1. The third-order valence-electron chi connectivity index (χ3n) is 2.60. The van der Waals surface area contributed by atoms with E-state index in [1.165, 1.54) is 0 Å². The number of aliphatic hydroxyl groups is 1. The molecule has 2 aromatic rings. The summed E-state index contributed by atoms with van der Waals surface area (Å²) < 4.78 is 5.15. The Bertz CT molecular complexity index is 523. The van der Waals surface area contributed by atoms with Gasteiger partial charge < -0.3 is 9.84 Å². The second kappa shape index (κ2) is 4.97. The predicted molar refractivity (Wildman–Crippen MR) is 66.9 cm³/mol. The Morgan fingerprint density at radius 3 is 2.65 bits per heavy atom. The average Bonchev–Trinajstić information content (AvgIpc) is 2.38. The van der Waals surface area contributed by atoms with E-state index in [0.717, 1.165) is 28.0 Å². The molecule has 0 unspecified atom stereocenters. The molecular formula is C14H15NO2. The zero-order chi connectivity index (χ0) is 12.3. The van der Waals surface area contributed by atoms with Crippen molar-refractivity contribution in [2.75, 3.05) is 7.11 Å². The molecule has 0 aliphatic carbocycles. The predicted octanol–water partition coefficient (Wildman–Crippen LogP) is 2.56. The third-order valence-corrected chi connectivity index (χ3v) is 2.60. The first-order valence-electron chi connectivity index (χ1n) is 5.44. The summed E-state index contributed by atoms with van der Waals surface area (Å²) in [6.45, 7) is 2.06. The minimum absolute atomic E-state index is 0.0477. The van der Waals surface area contributed by atoms with Crippen molar-refractivity contribution in [3.63, 3.8) is 0 Å². The molecule has 0 aliphatic rings. The molecule has 88 valence electrons. The summed E-state index contributed by atoms with van der Waals surface area (Å²) in [5, 5.41) is 9.19. The van der Waals surface area contributed by atoms with Crippen LogP contribution in [0.5, 0.6) is 5.75 Å². The fourth-order valence-corrected chi connectivity index (χ4v) is 1.81. The molecule has 0 aliphatic heterocycles. The lowest BCUT2D eigenvalue weighted by molar-refractivity contribution is 0.282. The average molecular weight is 229 g/mol. The van der Waals surface area contributed by atoms with E-state index in [-0.39, 0.29) is 6.61 Å². The van der Waals surface area contributed by atoms with Gasteiger partial charge in [-0.2, -0.15) is 0 Å². The quantitative estimate of drug-likeness (QED) is 0.879. The van der Waals surface area contributed by atoms with Crippen molar-refractivity contribution in [2.45, 2.75) is 13.5 Å². The normalized spacial score (nSPS) is 10.3. The van der Waals surface area contributed by atoms with Gasteiger partial charge in [0, 0.05) is 11.8 Å². The van der Waals surface area contributed by atoms with Gasteiger partial charge in [0.15, 0.2) is 0 Å². The maximum Gasteiger partial charge on any atom is 0.137 e. The lowest BCUT2D eigenvalue weighted by Crippen LogP contribution is -1.89. The largest absolute Gasteiger partial charge is 0.495 e. The molecule has 1 heterocycles. The van der Waals surface area contributed by atoms with Crippen LogP contribution in [0.15, 0.2) is 36.7 Å². The maximum atomic E-state index is 9.19. The van der Waals surface area contributed by atoms with Crippen LogP contribution in [0.4, 0.5) is 0 Å². The topological polar surface area (TPSA) is 42.4 Å². The van der Waals surface area contributed by atoms with Crippen molar-refractivity contribution in [1.29, 1.82) is 0 Å². The van der Waals surface area contributed by atoms with E-state index < -0.39 is 0 Å². The number of benzene rings is 1. The number of methoxy groups -OCH3 is 1. The second-order valence-corrected chi connectivity index (χ2v) is 3.98. The molecular weight excluding hydrogens is 214 g/mol. The Morgan fingerprint density at radius 1 is 1.12 bits per heavy atom. The minimum atomic E-state index is 0.0477. The first-order valence-corrected chi connectivity index (χ1v) is 5.44. The van der Waals surface area contributed by atoms with Crippen molar-refractivity contribution < 1.29 is 9.84 Å². The highest BCUT2D eigenvalue weighted by molar-refractivity contribution is 5.65. The number of rotatable bonds is 3. The number of hydrogen-bond acceptors (Lipinski definition) is 3. The van der Waals surface area contributed by atoms with Crippen molar-refractivity contribution in [2.24, 2.45) is 0 Å². The van der Waals surface area contributed by atoms with Gasteiger partial charge in [-0.15, -0.1) is 0 Å². The van der Waals surface area contributed by atoms with Gasteiger partial charge in [0.25, 0.3) is 0 Å². The molecule has 0 saturated heterocycles. The third kappa shape index (κ3) is 2.63. The summed E-state index contributed by atoms with van der Waals surface area (Å²) >= 11 is 0. The number of ether oxygens (including phenoxy) is 1. The van der Waals surface area contributed by atoms with E-state index in [0.29, 0.717) is 0 Å². The monoisotopic (exact) mass is 229 g/mol. The van der Waals surface area contributed by atoms with Crippen molar-refractivity contribution >= 4 is 0 Å². The van der Waals surface area contributed by atoms with Crippen LogP contribution in [0.2, 0.25) is 0 Å². The Kier molecular flexibility index (Phi) is 3.40. The molecule has 3 nitrogen and oxygen atoms in total. The summed E-state index contributed by atoms with van der Waals surface area (Å²) in [7, 11) is 1.62. The summed E-state index contributed by atoms with van der Waals surface area (Å²) in [5.41, 5.74) is 4.06. The maximum absolute atomic E-state index is 9.19. The van der Waals surface area contributed by atoms with Crippen LogP contribution in [0.25, 0.3) is 11.1 Å². The zero-order valence-corrected chi connectivity index (χ0v) is 9.97. The Morgan fingerprint density at radius 2 is 1.94 bits per heavy atom. The van der Waals surface area contributed by atoms with Gasteiger partial charge >= 0.3 is 0 Å². The van der Waals surface area contributed by atoms with Gasteiger partial charge in [-0.3, -0.25) is 4.98 Å². The van der Waals surface area contributed by atoms with Gasteiger partial charge in [0.1, 0.15) is 5.75 Å². The smallest absolute Gasteiger partial charge is 0.137 e. The van der Waals surface area contributed by atoms with E-state index in [9.17, 15) is 5.11 Å². The molecule has 17 heavy (non-hydrogen) atoms. The van der Waals surface area contributed by atoms with Crippen LogP contribution >= 0.6 is 0 Å². The highest BCUT2D eigenvalue weighted by atomic mass is 16.5. The molecule has 1 aromatic carbocycles. The van der Waals surface area contributed by atoms with E-state index in [1.807, 2.05) is 25.1 Å². The number of pyridine rings is 1. The van der Waals surface area contributed by atoms with Gasteiger partial charge in [-0.1, -0.05) is 17.7 Å². The molecule has 0 spiro atoms. The lowest BCUT2D eigenvalue weighted by atomic mass is 10.0. The van der Waals surface area contributed by atoms with Gasteiger partial charge in [0.05, 0.1) is 19.9 Å². The fraction of sp³-hybridized carbons (Fsp3) is 0.214. The first-order chi connectivity index (χ1) is 8.22. The second-order valence-electron chi connectivity index (χ2n) is 3.98. The Hall–Kier alpha value is -1.87. The molecule has 0 amide bonds. The summed E-state index contributed by atoms with van der Waals surface area (Å²) in [5.74, 6) is 0.731. The van der Waals surface area contributed by atoms with Crippen LogP contribution in [0.3, 0.4) is 0 Å². The van der Waals surface area contributed by atoms with Crippen LogP contribution in [0.1, 0.15) is 11.1 Å². The van der Waals surface area contributed by atoms with Crippen molar-refractivity contribution in [1.82, 2.24) is 4.98 Å². The number of aromatic nitrogens is 1. The first kappa shape index (κ1) is 11.6. The minimum Gasteiger partial charge on any atom is -0.495 e. The fourth-order valence-electron chi connectivity index (χ4n) is 1.81. The molecule has 3 heteroatoms. The van der Waals surface area contributed by atoms with Crippen LogP contribution < -0.4 is 4.74 Å². The standard InChI is InChI=1S/C14H15NO2/c1-10-3-11(9-16)5-12(4-10)13-6-14(17-2)8-15-7-13/h3-8,16H,9H2,1-2H3. The molecule has 1 N–H and O–H groups in total. The molecule has 1 aromatic heterocycles. The molecule has 0 bridgehead atoms. The number of aliphatic hydroxyl groups excluding tert-OH is 1.